The molecule has 7 heteroatoms. The fourth-order valence-electron chi connectivity index (χ4n) is 2.51. The van der Waals surface area contributed by atoms with Crippen LogP contribution in [-0.2, 0) is 21.3 Å². The second kappa shape index (κ2) is 6.91. The highest BCUT2D eigenvalue weighted by Gasteiger charge is 2.28. The fourth-order valence-corrected chi connectivity index (χ4v) is 3.82. The Balaban J connectivity index is 2.18. The molecular weight excluding hydrogens is 290 g/mol. The van der Waals surface area contributed by atoms with Crippen molar-refractivity contribution in [3.8, 4) is 0 Å². The van der Waals surface area contributed by atoms with Gasteiger partial charge < -0.3 is 15.0 Å². The maximum atomic E-state index is 12.5. The minimum atomic E-state index is -3.53. The van der Waals surface area contributed by atoms with Gasteiger partial charge in [-0.1, -0.05) is 13.3 Å². The third kappa shape index (κ3) is 4.06. The monoisotopic (exact) mass is 315 g/mol. The predicted molar refractivity (Wildman–Crippen MR) is 81.5 cm³/mol. The summed E-state index contributed by atoms with van der Waals surface area (Å²) in [4.78, 5) is 0.298. The molecule has 1 heterocycles. The Hall–Kier alpha value is -0.890. The van der Waals surface area contributed by atoms with E-state index in [2.05, 4.69) is 4.72 Å². The summed E-state index contributed by atoms with van der Waals surface area (Å²) in [6.07, 6.45) is 5.54. The highest BCUT2D eigenvalue weighted by molar-refractivity contribution is 7.89. The second-order valence-electron chi connectivity index (χ2n) is 5.57. The van der Waals surface area contributed by atoms with Gasteiger partial charge in [0.05, 0.1) is 11.5 Å². The van der Waals surface area contributed by atoms with E-state index >= 15 is 0 Å². The van der Waals surface area contributed by atoms with Crippen molar-refractivity contribution >= 4 is 10.0 Å². The molecule has 0 radical (unpaired) electrons. The van der Waals surface area contributed by atoms with Crippen molar-refractivity contribution in [2.75, 3.05) is 13.7 Å². The number of nitrogens with zero attached hydrogens (tertiary/aromatic N) is 1. The molecule has 1 saturated carbocycles. The maximum Gasteiger partial charge on any atom is 0.242 e. The average Bonchev–Trinajstić information content (AvgIpc) is 3.17. The van der Waals surface area contributed by atoms with Gasteiger partial charge in [0.15, 0.2) is 0 Å². The quantitative estimate of drug-likeness (QED) is 0.721. The molecule has 0 amide bonds. The molecule has 1 fully saturated rings. The van der Waals surface area contributed by atoms with Gasteiger partial charge >= 0.3 is 0 Å². The molecular formula is C14H25N3O3S. The second-order valence-corrected chi connectivity index (χ2v) is 7.29. The van der Waals surface area contributed by atoms with Gasteiger partial charge in [-0.15, -0.1) is 0 Å². The molecule has 21 heavy (non-hydrogen) atoms. The summed E-state index contributed by atoms with van der Waals surface area (Å²) in [6.45, 7) is 2.75. The number of aromatic nitrogens is 1. The average molecular weight is 315 g/mol. The van der Waals surface area contributed by atoms with Gasteiger partial charge in [0, 0.05) is 37.6 Å². The molecule has 0 aromatic carbocycles. The molecule has 0 bridgehead atoms. The van der Waals surface area contributed by atoms with Crippen molar-refractivity contribution in [2.24, 2.45) is 5.73 Å². The molecule has 1 aliphatic carbocycles. The molecule has 1 aromatic rings. The third-order valence-electron chi connectivity index (χ3n) is 3.69. The van der Waals surface area contributed by atoms with E-state index in [4.69, 9.17) is 10.5 Å². The Kier molecular flexibility index (Phi) is 5.43. The molecule has 1 aliphatic rings. The lowest BCUT2D eigenvalue weighted by molar-refractivity contribution is 0.171. The van der Waals surface area contributed by atoms with Gasteiger partial charge in [-0.3, -0.25) is 0 Å². The standard InChI is InChI=1S/C14H25N3O3S/c1-3-4-11(10-20-2)16-21(18,19)14-7-13(8-15)17(9-14)12-5-6-12/h7,9,11-12,16H,3-6,8,10,15H2,1-2H3. The first-order valence-electron chi connectivity index (χ1n) is 7.44. The highest BCUT2D eigenvalue weighted by Crippen LogP contribution is 2.37. The van der Waals surface area contributed by atoms with Gasteiger partial charge in [-0.2, -0.15) is 0 Å². The summed E-state index contributed by atoms with van der Waals surface area (Å²) < 4.78 is 34.8. The Morgan fingerprint density at radius 3 is 2.76 bits per heavy atom. The summed E-state index contributed by atoms with van der Waals surface area (Å²) in [5, 5.41) is 0. The molecule has 0 saturated heterocycles. The zero-order chi connectivity index (χ0) is 15.5. The first kappa shape index (κ1) is 16.5. The summed E-state index contributed by atoms with van der Waals surface area (Å²) >= 11 is 0. The van der Waals surface area contributed by atoms with Crippen molar-refractivity contribution in [2.45, 2.75) is 56.1 Å². The number of rotatable bonds is 9. The normalized spacial score (nSPS) is 17.1. The summed E-state index contributed by atoms with van der Waals surface area (Å²) in [7, 11) is -1.95. The molecule has 1 atom stereocenters. The minimum absolute atomic E-state index is 0.199. The van der Waals surface area contributed by atoms with Crippen LogP contribution in [0.2, 0.25) is 0 Å². The largest absolute Gasteiger partial charge is 0.383 e. The van der Waals surface area contributed by atoms with Crippen LogP contribution in [0.15, 0.2) is 17.2 Å². The van der Waals surface area contributed by atoms with E-state index in [1.165, 1.54) is 0 Å². The van der Waals surface area contributed by atoms with Gasteiger partial charge in [0.1, 0.15) is 0 Å². The lowest BCUT2D eigenvalue weighted by Crippen LogP contribution is -2.37. The molecule has 0 aliphatic heterocycles. The van der Waals surface area contributed by atoms with Crippen LogP contribution in [0, 0.1) is 0 Å². The van der Waals surface area contributed by atoms with Crippen LogP contribution < -0.4 is 10.5 Å². The lowest BCUT2D eigenvalue weighted by atomic mass is 10.2. The molecule has 2 rings (SSSR count). The molecule has 1 aromatic heterocycles. The van der Waals surface area contributed by atoms with Gasteiger partial charge in [-0.05, 0) is 25.3 Å². The predicted octanol–water partition coefficient (Wildman–Crippen LogP) is 1.38. The Bertz CT molecular complexity index is 558. The third-order valence-corrected chi connectivity index (χ3v) is 5.18. The number of methoxy groups -OCH3 is 1. The summed E-state index contributed by atoms with van der Waals surface area (Å²) in [5.41, 5.74) is 6.59. The van der Waals surface area contributed by atoms with E-state index < -0.39 is 10.0 Å². The molecule has 6 nitrogen and oxygen atoms in total. The van der Waals surface area contributed by atoms with Crippen molar-refractivity contribution in [1.29, 1.82) is 0 Å². The van der Waals surface area contributed by atoms with Gasteiger partial charge in [0.25, 0.3) is 0 Å². The van der Waals surface area contributed by atoms with Crippen molar-refractivity contribution in [3.05, 3.63) is 18.0 Å². The van der Waals surface area contributed by atoms with E-state index in [9.17, 15) is 8.42 Å². The lowest BCUT2D eigenvalue weighted by Gasteiger charge is -2.16. The van der Waals surface area contributed by atoms with Crippen LogP contribution in [0.25, 0.3) is 0 Å². The summed E-state index contributed by atoms with van der Waals surface area (Å²) in [6, 6.07) is 1.89. The Morgan fingerprint density at radius 2 is 2.24 bits per heavy atom. The Labute approximate surface area is 126 Å². The molecule has 0 spiro atoms. The number of hydrogen-bond donors (Lipinski definition) is 2. The number of nitrogens with one attached hydrogen (secondary N) is 1. The highest BCUT2D eigenvalue weighted by atomic mass is 32.2. The first-order chi connectivity index (χ1) is 10.0. The molecule has 3 N–H and O–H groups in total. The van der Waals surface area contributed by atoms with E-state index in [1.807, 2.05) is 11.5 Å². The molecule has 120 valence electrons. The van der Waals surface area contributed by atoms with Crippen LogP contribution in [0.1, 0.15) is 44.3 Å². The van der Waals surface area contributed by atoms with Crippen molar-refractivity contribution in [3.63, 3.8) is 0 Å². The first-order valence-corrected chi connectivity index (χ1v) is 8.92. The topological polar surface area (TPSA) is 86.3 Å². The van der Waals surface area contributed by atoms with E-state index in [0.29, 0.717) is 24.1 Å². The Morgan fingerprint density at radius 1 is 1.52 bits per heavy atom. The van der Waals surface area contributed by atoms with Gasteiger partial charge in [0.2, 0.25) is 10.0 Å². The molecule has 1 unspecified atom stereocenters. The minimum Gasteiger partial charge on any atom is -0.383 e. The summed E-state index contributed by atoms with van der Waals surface area (Å²) in [5.74, 6) is 0. The van der Waals surface area contributed by atoms with Crippen molar-refractivity contribution in [1.82, 2.24) is 9.29 Å². The number of nitrogens with two attached hydrogens (primary N) is 1. The SMILES string of the molecule is CCCC(COC)NS(=O)(=O)c1cc(CN)n(C2CC2)c1. The van der Waals surface area contributed by atoms with Crippen LogP contribution in [0.4, 0.5) is 0 Å². The van der Waals surface area contributed by atoms with Crippen LogP contribution in [0.3, 0.4) is 0 Å². The van der Waals surface area contributed by atoms with Crippen molar-refractivity contribution < 1.29 is 13.2 Å². The van der Waals surface area contributed by atoms with Crippen LogP contribution in [0.5, 0.6) is 0 Å². The smallest absolute Gasteiger partial charge is 0.242 e. The van der Waals surface area contributed by atoms with Crippen LogP contribution >= 0.6 is 0 Å². The zero-order valence-corrected chi connectivity index (χ0v) is 13.5. The number of sulfonamides is 1. The van der Waals surface area contributed by atoms with E-state index in [0.717, 1.165) is 31.4 Å². The van der Waals surface area contributed by atoms with Crippen LogP contribution in [-0.4, -0.2) is 32.7 Å². The van der Waals surface area contributed by atoms with Gasteiger partial charge in [-0.25, -0.2) is 13.1 Å². The maximum absolute atomic E-state index is 12.5. The number of hydrogen-bond acceptors (Lipinski definition) is 4. The fraction of sp³-hybridized carbons (Fsp3) is 0.714. The van der Waals surface area contributed by atoms with E-state index in [1.54, 1.807) is 19.4 Å². The van der Waals surface area contributed by atoms with E-state index in [-0.39, 0.29) is 6.04 Å². The zero-order valence-electron chi connectivity index (χ0n) is 12.7. The number of ether oxygens (including phenoxy) is 1.